The maximum Gasteiger partial charge on any atom is 0.494 e. The molecule has 1 aliphatic rings. The van der Waals surface area contributed by atoms with Crippen LogP contribution in [0.25, 0.3) is 16.5 Å². The molecule has 0 unspecified atom stereocenters. The van der Waals surface area contributed by atoms with Gasteiger partial charge in [-0.2, -0.15) is 0 Å². The van der Waals surface area contributed by atoms with Gasteiger partial charge in [0.05, 0.1) is 35.6 Å². The second-order valence-corrected chi connectivity index (χ2v) is 8.36. The van der Waals surface area contributed by atoms with Gasteiger partial charge in [-0.3, -0.25) is 9.36 Å². The Hall–Kier alpha value is -2.71. The molecule has 1 aliphatic heterocycles. The Morgan fingerprint density at radius 1 is 0.967 bits per heavy atom. The van der Waals surface area contributed by atoms with Gasteiger partial charge >= 0.3 is 7.12 Å². The molecule has 1 aromatic heterocycles. The van der Waals surface area contributed by atoms with Crippen LogP contribution >= 0.6 is 0 Å². The molecule has 0 bridgehead atoms. The van der Waals surface area contributed by atoms with E-state index in [1.807, 2.05) is 27.7 Å². The number of fused-ring (bicyclic) bond motifs is 1. The first-order valence-electron chi connectivity index (χ1n) is 9.58. The van der Waals surface area contributed by atoms with Gasteiger partial charge in [0.1, 0.15) is 17.4 Å². The van der Waals surface area contributed by atoms with E-state index in [1.54, 1.807) is 18.2 Å². The summed E-state index contributed by atoms with van der Waals surface area (Å²) in [6.45, 7) is 7.77. The van der Waals surface area contributed by atoms with Crippen molar-refractivity contribution < 1.29 is 22.8 Å². The van der Waals surface area contributed by atoms with Crippen molar-refractivity contribution in [3.05, 3.63) is 64.6 Å². The van der Waals surface area contributed by atoms with Crippen molar-refractivity contribution in [1.82, 2.24) is 4.57 Å². The Morgan fingerprint density at radius 2 is 1.63 bits per heavy atom. The monoisotopic (exact) mass is 413 g/mol. The van der Waals surface area contributed by atoms with E-state index >= 15 is 0 Å². The Kier molecular flexibility index (Phi) is 4.75. The van der Waals surface area contributed by atoms with Crippen LogP contribution in [-0.2, 0) is 9.31 Å². The number of methoxy groups -OCH3 is 1. The topological polar surface area (TPSA) is 49.7 Å². The van der Waals surface area contributed by atoms with E-state index in [0.29, 0.717) is 16.6 Å². The van der Waals surface area contributed by atoms with Crippen molar-refractivity contribution in [3.8, 4) is 11.4 Å². The van der Waals surface area contributed by atoms with E-state index in [4.69, 9.17) is 14.0 Å². The smallest absolute Gasteiger partial charge is 0.494 e. The summed E-state index contributed by atoms with van der Waals surface area (Å²) in [6.07, 6.45) is 1.36. The zero-order valence-electron chi connectivity index (χ0n) is 17.5. The number of aromatic nitrogens is 1. The summed E-state index contributed by atoms with van der Waals surface area (Å²) < 4.78 is 46.7. The zero-order chi connectivity index (χ0) is 21.8. The first kappa shape index (κ1) is 20.6. The van der Waals surface area contributed by atoms with Crippen LogP contribution in [0.2, 0.25) is 0 Å². The van der Waals surface area contributed by atoms with E-state index in [-0.39, 0.29) is 11.1 Å². The highest BCUT2D eigenvalue weighted by molar-refractivity contribution is 6.62. The van der Waals surface area contributed by atoms with E-state index in [2.05, 4.69) is 0 Å². The van der Waals surface area contributed by atoms with Crippen molar-refractivity contribution in [2.24, 2.45) is 0 Å². The molecule has 0 atom stereocenters. The minimum atomic E-state index is -0.720. The van der Waals surface area contributed by atoms with Gasteiger partial charge < -0.3 is 14.0 Å². The number of hydrogen-bond acceptors (Lipinski definition) is 4. The van der Waals surface area contributed by atoms with Gasteiger partial charge in [-0.05, 0) is 51.4 Å². The fourth-order valence-corrected chi connectivity index (χ4v) is 3.47. The fraction of sp³-hybridized carbons (Fsp3) is 0.318. The van der Waals surface area contributed by atoms with Crippen LogP contribution in [0.1, 0.15) is 27.7 Å². The molecule has 3 aromatic rings. The summed E-state index contributed by atoms with van der Waals surface area (Å²) in [5.41, 5.74) is -1.12. The lowest BCUT2D eigenvalue weighted by Gasteiger charge is -2.32. The summed E-state index contributed by atoms with van der Waals surface area (Å²) in [5, 5.41) is 0.834. The Bertz CT molecular complexity index is 1190. The van der Waals surface area contributed by atoms with Crippen molar-refractivity contribution in [2.75, 3.05) is 7.11 Å². The molecule has 0 amide bonds. The molecule has 0 radical (unpaired) electrons. The molecule has 0 saturated carbocycles. The van der Waals surface area contributed by atoms with Gasteiger partial charge in [0.15, 0.2) is 0 Å². The third-order valence-corrected chi connectivity index (χ3v) is 5.92. The van der Waals surface area contributed by atoms with Crippen LogP contribution < -0.4 is 15.8 Å². The molecule has 0 aliphatic carbocycles. The number of halogens is 2. The number of nitrogens with zero attached hydrogens (tertiary/aromatic N) is 1. The van der Waals surface area contributed by atoms with Crippen molar-refractivity contribution >= 4 is 23.4 Å². The average molecular weight is 413 g/mol. The van der Waals surface area contributed by atoms with Gasteiger partial charge in [-0.15, -0.1) is 0 Å². The molecule has 0 N–H and O–H groups in total. The van der Waals surface area contributed by atoms with Gasteiger partial charge in [-0.1, -0.05) is 12.1 Å². The normalized spacial score (nSPS) is 17.5. The molecule has 30 heavy (non-hydrogen) atoms. The first-order chi connectivity index (χ1) is 14.0. The zero-order valence-corrected chi connectivity index (χ0v) is 17.5. The summed E-state index contributed by atoms with van der Waals surface area (Å²) in [4.78, 5) is 13.2. The lowest BCUT2D eigenvalue weighted by Crippen LogP contribution is -2.41. The minimum Gasteiger partial charge on any atom is -0.495 e. The third kappa shape index (κ3) is 3.20. The molecule has 2 heterocycles. The van der Waals surface area contributed by atoms with Crippen LogP contribution in [0.3, 0.4) is 0 Å². The summed E-state index contributed by atoms with van der Waals surface area (Å²) in [7, 11) is 0.789. The lowest BCUT2D eigenvalue weighted by atomic mass is 9.78. The van der Waals surface area contributed by atoms with E-state index < -0.39 is 35.5 Å². The average Bonchev–Trinajstić information content (AvgIpc) is 2.91. The van der Waals surface area contributed by atoms with Crippen LogP contribution in [0.5, 0.6) is 5.75 Å². The standard InChI is InChI=1S/C22H22BF2NO4/c1-21(2)22(3,4)30-23(29-21)13-6-8-15-16(10-13)20(27)26(12-19(15)28-5)18-11-14(24)7-9-17(18)25/h6-12H,1-5H3. The minimum absolute atomic E-state index is 0.193. The van der Waals surface area contributed by atoms with Crippen LogP contribution in [0.15, 0.2) is 47.4 Å². The van der Waals surface area contributed by atoms with Crippen molar-refractivity contribution in [1.29, 1.82) is 0 Å². The molecule has 4 rings (SSSR count). The van der Waals surface area contributed by atoms with Crippen molar-refractivity contribution in [3.63, 3.8) is 0 Å². The molecular formula is C22H22BF2NO4. The molecule has 2 aromatic carbocycles. The molecule has 156 valence electrons. The van der Waals surface area contributed by atoms with Crippen molar-refractivity contribution in [2.45, 2.75) is 38.9 Å². The highest BCUT2D eigenvalue weighted by atomic mass is 19.1. The van der Waals surface area contributed by atoms with Crippen LogP contribution in [0, 0.1) is 11.6 Å². The Labute approximate surface area is 173 Å². The molecule has 1 saturated heterocycles. The number of pyridine rings is 1. The summed E-state index contributed by atoms with van der Waals surface area (Å²) in [5.74, 6) is -1.01. The molecule has 8 heteroatoms. The first-order valence-corrected chi connectivity index (χ1v) is 9.58. The predicted molar refractivity (Wildman–Crippen MR) is 112 cm³/mol. The second-order valence-electron chi connectivity index (χ2n) is 8.36. The Morgan fingerprint density at radius 3 is 2.27 bits per heavy atom. The van der Waals surface area contributed by atoms with Crippen LogP contribution in [-0.4, -0.2) is 30.0 Å². The fourth-order valence-electron chi connectivity index (χ4n) is 3.47. The third-order valence-electron chi connectivity index (χ3n) is 5.92. The highest BCUT2D eigenvalue weighted by Gasteiger charge is 2.51. The van der Waals surface area contributed by atoms with E-state index in [1.165, 1.54) is 13.3 Å². The summed E-state index contributed by atoms with van der Waals surface area (Å²) in [6, 6.07) is 8.14. The maximum atomic E-state index is 14.4. The molecule has 0 spiro atoms. The van der Waals surface area contributed by atoms with Gasteiger partial charge in [0.25, 0.3) is 5.56 Å². The van der Waals surface area contributed by atoms with E-state index in [9.17, 15) is 13.6 Å². The Balaban J connectivity index is 1.91. The number of benzene rings is 2. The molecule has 5 nitrogen and oxygen atoms in total. The summed E-state index contributed by atoms with van der Waals surface area (Å²) >= 11 is 0. The number of rotatable bonds is 3. The molecule has 1 fully saturated rings. The largest absolute Gasteiger partial charge is 0.495 e. The van der Waals surface area contributed by atoms with Gasteiger partial charge in [-0.25, -0.2) is 8.78 Å². The number of ether oxygens (including phenoxy) is 1. The lowest BCUT2D eigenvalue weighted by molar-refractivity contribution is 0.00578. The highest BCUT2D eigenvalue weighted by Crippen LogP contribution is 2.36. The SMILES string of the molecule is COc1cn(-c2cc(F)ccc2F)c(=O)c2cc(B3OC(C)(C)C(C)(C)O3)ccc12. The maximum absolute atomic E-state index is 14.4. The van der Waals surface area contributed by atoms with Gasteiger partial charge in [0.2, 0.25) is 0 Å². The number of hydrogen-bond donors (Lipinski definition) is 0. The van der Waals surface area contributed by atoms with Crippen LogP contribution in [0.4, 0.5) is 8.78 Å². The van der Waals surface area contributed by atoms with E-state index in [0.717, 1.165) is 22.8 Å². The molecular weight excluding hydrogens is 391 g/mol. The predicted octanol–water partition coefficient (Wildman–Crippen LogP) is 3.58. The van der Waals surface area contributed by atoms with Gasteiger partial charge in [0, 0.05) is 11.5 Å². The second kappa shape index (κ2) is 6.92. The quantitative estimate of drug-likeness (QED) is 0.617.